The minimum Gasteiger partial charge on any atom is -0.0616 e. The third-order valence-electron chi connectivity index (χ3n) is 12.9. The van der Waals surface area contributed by atoms with Gasteiger partial charge >= 0.3 is 0 Å². The van der Waals surface area contributed by atoms with E-state index in [1.807, 2.05) is 0 Å². The van der Waals surface area contributed by atoms with Gasteiger partial charge in [-0.25, -0.2) is 0 Å². The highest BCUT2D eigenvalue weighted by atomic mass is 14.4. The predicted octanol–water partition coefficient (Wildman–Crippen LogP) is 16.2. The molecule has 57 heavy (non-hydrogen) atoms. The van der Waals surface area contributed by atoms with Crippen LogP contribution in [-0.2, 0) is 16.2 Å². The molecule has 0 saturated carbocycles. The summed E-state index contributed by atoms with van der Waals surface area (Å²) in [4.78, 5) is 0. The SMILES string of the molecule is CC(C)(C)c1ccc2c(-c3cccc(-c4cccc(-c5ccc6c(c5)-c5ccc7c8ccccc8c8ccccc8c7c5C6(C)C)c4)c3)cc(C(C)(C)C)cc2c1. The molecule has 1 aliphatic rings. The minimum atomic E-state index is -0.140. The first-order valence-electron chi connectivity index (χ1n) is 20.6. The molecule has 0 radical (unpaired) electrons. The zero-order valence-electron chi connectivity index (χ0n) is 34.5. The lowest BCUT2D eigenvalue weighted by atomic mass is 9.78. The molecule has 0 aromatic heterocycles. The summed E-state index contributed by atoms with van der Waals surface area (Å²) in [6.45, 7) is 18.7. The van der Waals surface area contributed by atoms with Gasteiger partial charge in [0.15, 0.2) is 0 Å². The average molecular weight is 735 g/mol. The fourth-order valence-corrected chi connectivity index (χ4v) is 9.75. The monoisotopic (exact) mass is 734 g/mol. The molecule has 0 aliphatic heterocycles. The van der Waals surface area contributed by atoms with Gasteiger partial charge in [0.25, 0.3) is 0 Å². The van der Waals surface area contributed by atoms with E-state index >= 15 is 0 Å². The van der Waals surface area contributed by atoms with Gasteiger partial charge in [0.05, 0.1) is 0 Å². The summed E-state index contributed by atoms with van der Waals surface area (Å²) in [5, 5.41) is 10.7. The Morgan fingerprint density at radius 2 is 0.860 bits per heavy atom. The summed E-state index contributed by atoms with van der Waals surface area (Å²) in [6, 6.07) is 60.0. The Hall–Kier alpha value is -5.98. The number of fused-ring (bicyclic) bond motifs is 11. The Bertz CT molecular complexity index is 3060. The zero-order valence-corrected chi connectivity index (χ0v) is 34.5. The summed E-state index contributed by atoms with van der Waals surface area (Å²) in [7, 11) is 0. The minimum absolute atomic E-state index is 0.0352. The molecule has 9 aromatic carbocycles. The molecule has 0 N–H and O–H groups in total. The highest BCUT2D eigenvalue weighted by Gasteiger charge is 2.38. The van der Waals surface area contributed by atoms with Crippen molar-refractivity contribution in [3.63, 3.8) is 0 Å². The molecule has 10 rings (SSSR count). The molecule has 0 fully saturated rings. The highest BCUT2D eigenvalue weighted by Crippen LogP contribution is 2.54. The van der Waals surface area contributed by atoms with Crippen LogP contribution in [0.2, 0.25) is 0 Å². The van der Waals surface area contributed by atoms with Crippen molar-refractivity contribution in [2.45, 2.75) is 71.6 Å². The van der Waals surface area contributed by atoms with E-state index in [1.165, 1.54) is 110 Å². The molecule has 9 aromatic rings. The first-order chi connectivity index (χ1) is 27.3. The smallest absolute Gasteiger partial charge is 0.0165 e. The Balaban J connectivity index is 1.08. The van der Waals surface area contributed by atoms with Crippen molar-refractivity contribution in [1.29, 1.82) is 0 Å². The van der Waals surface area contributed by atoms with Gasteiger partial charge in [-0.2, -0.15) is 0 Å². The number of benzene rings is 9. The largest absolute Gasteiger partial charge is 0.0616 e. The van der Waals surface area contributed by atoms with Crippen LogP contribution in [0.15, 0.2) is 158 Å². The van der Waals surface area contributed by atoms with Crippen LogP contribution in [-0.4, -0.2) is 0 Å². The second-order valence-electron chi connectivity index (χ2n) is 19.0. The topological polar surface area (TPSA) is 0 Å². The number of rotatable bonds is 3. The molecule has 0 nitrogen and oxygen atoms in total. The van der Waals surface area contributed by atoms with Gasteiger partial charge in [-0.3, -0.25) is 0 Å². The van der Waals surface area contributed by atoms with E-state index in [4.69, 9.17) is 0 Å². The van der Waals surface area contributed by atoms with Crippen LogP contribution in [0.25, 0.3) is 87.6 Å². The molecular weight excluding hydrogens is 685 g/mol. The lowest BCUT2D eigenvalue weighted by Gasteiger charge is -2.24. The molecule has 0 saturated heterocycles. The van der Waals surface area contributed by atoms with Crippen LogP contribution in [0.4, 0.5) is 0 Å². The van der Waals surface area contributed by atoms with Gasteiger partial charge in [0.1, 0.15) is 0 Å². The van der Waals surface area contributed by atoms with E-state index in [0.717, 1.165) is 0 Å². The second-order valence-corrected chi connectivity index (χ2v) is 19.0. The quantitative estimate of drug-likeness (QED) is 0.159. The molecule has 0 spiro atoms. The van der Waals surface area contributed by atoms with Crippen molar-refractivity contribution in [3.8, 4) is 44.5 Å². The molecule has 0 unspecified atom stereocenters. The molecule has 278 valence electrons. The maximum absolute atomic E-state index is 2.45. The standard InChI is InChI=1S/C57H50/c1-55(2,3)41-24-25-43-40(31-41)32-42(56(4,5)6)34-50(43)39-18-14-17-37(30-39)35-15-13-16-36(29-35)38-23-28-52-51(33-38)49-27-26-48-46-21-10-9-19-44(46)45-20-11-12-22-47(45)53(48)54(49)57(52,7)8/h9-34H,1-8H3. The lowest BCUT2D eigenvalue weighted by Crippen LogP contribution is -2.15. The van der Waals surface area contributed by atoms with Gasteiger partial charge in [-0.15, -0.1) is 0 Å². The van der Waals surface area contributed by atoms with E-state index in [2.05, 4.69) is 213 Å². The first-order valence-corrected chi connectivity index (χ1v) is 20.6. The van der Waals surface area contributed by atoms with E-state index < -0.39 is 0 Å². The van der Waals surface area contributed by atoms with Gasteiger partial charge in [0, 0.05) is 5.41 Å². The first kappa shape index (κ1) is 35.4. The third kappa shape index (κ3) is 5.64. The maximum atomic E-state index is 2.45. The van der Waals surface area contributed by atoms with E-state index in [-0.39, 0.29) is 16.2 Å². The second kappa shape index (κ2) is 12.5. The molecule has 0 heteroatoms. The van der Waals surface area contributed by atoms with Crippen LogP contribution in [0.5, 0.6) is 0 Å². The Kier molecular flexibility index (Phi) is 7.78. The summed E-state index contributed by atoms with van der Waals surface area (Å²) < 4.78 is 0. The maximum Gasteiger partial charge on any atom is 0.0165 e. The fourth-order valence-electron chi connectivity index (χ4n) is 9.75. The van der Waals surface area contributed by atoms with Crippen LogP contribution < -0.4 is 0 Å². The number of hydrogen-bond donors (Lipinski definition) is 0. The summed E-state index contributed by atoms with van der Waals surface area (Å²) >= 11 is 0. The van der Waals surface area contributed by atoms with Gasteiger partial charge in [-0.1, -0.05) is 189 Å². The van der Waals surface area contributed by atoms with Crippen molar-refractivity contribution in [3.05, 3.63) is 180 Å². The van der Waals surface area contributed by atoms with Gasteiger partial charge < -0.3 is 0 Å². The molecule has 0 amide bonds. The Morgan fingerprint density at radius 1 is 0.351 bits per heavy atom. The predicted molar refractivity (Wildman–Crippen MR) is 248 cm³/mol. The Labute approximate surface area is 337 Å². The van der Waals surface area contributed by atoms with Crippen LogP contribution in [0.3, 0.4) is 0 Å². The lowest BCUT2D eigenvalue weighted by molar-refractivity contribution is 0.589. The van der Waals surface area contributed by atoms with Gasteiger partial charge in [-0.05, 0) is 145 Å². The van der Waals surface area contributed by atoms with E-state index in [1.54, 1.807) is 0 Å². The van der Waals surface area contributed by atoms with Crippen molar-refractivity contribution >= 4 is 43.1 Å². The van der Waals surface area contributed by atoms with Crippen LogP contribution in [0, 0.1) is 0 Å². The molecule has 0 atom stereocenters. The Morgan fingerprint density at radius 3 is 1.49 bits per heavy atom. The summed E-state index contributed by atoms with van der Waals surface area (Å²) in [6.07, 6.45) is 0. The normalized spacial score (nSPS) is 13.8. The molecule has 0 heterocycles. The van der Waals surface area contributed by atoms with Crippen molar-refractivity contribution in [1.82, 2.24) is 0 Å². The van der Waals surface area contributed by atoms with Crippen LogP contribution >= 0.6 is 0 Å². The molecule has 0 bridgehead atoms. The average Bonchev–Trinajstić information content (AvgIpc) is 3.45. The highest BCUT2D eigenvalue weighted by molar-refractivity contribution is 6.27. The molecule has 1 aliphatic carbocycles. The summed E-state index contributed by atoms with van der Waals surface area (Å²) in [5.74, 6) is 0. The third-order valence-corrected chi connectivity index (χ3v) is 12.9. The molecular formula is C57H50. The van der Waals surface area contributed by atoms with E-state index in [9.17, 15) is 0 Å². The van der Waals surface area contributed by atoms with Gasteiger partial charge in [0.2, 0.25) is 0 Å². The fraction of sp³-hybridized carbons (Fsp3) is 0.193. The van der Waals surface area contributed by atoms with Crippen molar-refractivity contribution < 1.29 is 0 Å². The van der Waals surface area contributed by atoms with Crippen LogP contribution in [0.1, 0.15) is 77.6 Å². The summed E-state index contributed by atoms with van der Waals surface area (Å²) in [5.41, 5.74) is 15.7. The van der Waals surface area contributed by atoms with E-state index in [0.29, 0.717) is 0 Å². The number of hydrogen-bond acceptors (Lipinski definition) is 0. The van der Waals surface area contributed by atoms with Crippen molar-refractivity contribution in [2.75, 3.05) is 0 Å². The zero-order chi connectivity index (χ0) is 39.4. The van der Waals surface area contributed by atoms with Crippen molar-refractivity contribution in [2.24, 2.45) is 0 Å².